The Labute approximate surface area is 107 Å². The van der Waals surface area contributed by atoms with E-state index >= 15 is 0 Å². The van der Waals surface area contributed by atoms with Crippen LogP contribution in [0.4, 0.5) is 0 Å². The molecule has 1 fully saturated rings. The first-order valence-corrected chi connectivity index (χ1v) is 6.14. The number of likely N-dealkylation sites (N-methyl/N-ethyl adjacent to an activating group) is 1. The highest BCUT2D eigenvalue weighted by atomic mass is 16.5. The van der Waals surface area contributed by atoms with Crippen molar-refractivity contribution < 1.29 is 4.74 Å². The van der Waals surface area contributed by atoms with Crippen LogP contribution >= 0.6 is 0 Å². The van der Waals surface area contributed by atoms with E-state index in [-0.39, 0.29) is 6.10 Å². The summed E-state index contributed by atoms with van der Waals surface area (Å²) in [5.41, 5.74) is 1.54. The molecule has 5 heteroatoms. The Hall–Kier alpha value is -1.48. The number of nitrogens with zero attached hydrogens (tertiary/aromatic N) is 3. The van der Waals surface area contributed by atoms with Crippen molar-refractivity contribution in [3.8, 4) is 6.07 Å². The van der Waals surface area contributed by atoms with E-state index in [9.17, 15) is 0 Å². The summed E-state index contributed by atoms with van der Waals surface area (Å²) in [5, 5.41) is 12.1. The van der Waals surface area contributed by atoms with Crippen molar-refractivity contribution in [2.24, 2.45) is 0 Å². The van der Waals surface area contributed by atoms with Gasteiger partial charge in [0.1, 0.15) is 11.8 Å². The van der Waals surface area contributed by atoms with E-state index in [0.29, 0.717) is 5.69 Å². The number of pyridine rings is 1. The van der Waals surface area contributed by atoms with Crippen LogP contribution in [0.3, 0.4) is 0 Å². The molecule has 1 N–H and O–H groups in total. The zero-order chi connectivity index (χ0) is 12.8. The highest BCUT2D eigenvalue weighted by molar-refractivity contribution is 5.25. The molecule has 1 aliphatic heterocycles. The van der Waals surface area contributed by atoms with Crippen LogP contribution in [0, 0.1) is 11.3 Å². The zero-order valence-corrected chi connectivity index (χ0v) is 10.6. The lowest BCUT2D eigenvalue weighted by Crippen LogP contribution is -2.44. The fraction of sp³-hybridized carbons (Fsp3) is 0.538. The molecule has 18 heavy (non-hydrogen) atoms. The lowest BCUT2D eigenvalue weighted by atomic mass is 10.2. The van der Waals surface area contributed by atoms with Gasteiger partial charge in [-0.3, -0.25) is 0 Å². The molecule has 1 atom stereocenters. The smallest absolute Gasteiger partial charge is 0.140 e. The van der Waals surface area contributed by atoms with Crippen LogP contribution in [-0.2, 0) is 11.3 Å². The van der Waals surface area contributed by atoms with Crippen molar-refractivity contribution in [3.05, 3.63) is 29.6 Å². The minimum Gasteiger partial charge on any atom is -0.374 e. The molecule has 1 aromatic rings. The van der Waals surface area contributed by atoms with Gasteiger partial charge in [0, 0.05) is 32.4 Å². The minimum atomic E-state index is 0.251. The van der Waals surface area contributed by atoms with E-state index in [1.807, 2.05) is 12.1 Å². The van der Waals surface area contributed by atoms with Crippen LogP contribution in [0.15, 0.2) is 18.3 Å². The van der Waals surface area contributed by atoms with Crippen LogP contribution in [0.1, 0.15) is 11.3 Å². The first kappa shape index (κ1) is 13.0. The Kier molecular flexibility index (Phi) is 4.65. The summed E-state index contributed by atoms with van der Waals surface area (Å²) >= 11 is 0. The molecule has 0 radical (unpaired) electrons. The van der Waals surface area contributed by atoms with Gasteiger partial charge in [0.05, 0.1) is 12.7 Å². The third-order valence-corrected chi connectivity index (χ3v) is 2.98. The summed E-state index contributed by atoms with van der Waals surface area (Å²) in [4.78, 5) is 6.22. The first-order chi connectivity index (χ1) is 8.78. The molecule has 0 amide bonds. The summed E-state index contributed by atoms with van der Waals surface area (Å²) in [5.74, 6) is 0. The molecule has 1 saturated heterocycles. The number of rotatable bonds is 4. The van der Waals surface area contributed by atoms with Gasteiger partial charge in [-0.15, -0.1) is 0 Å². The second-order valence-electron chi connectivity index (χ2n) is 4.55. The number of nitriles is 1. The van der Waals surface area contributed by atoms with Crippen LogP contribution in [0.2, 0.25) is 0 Å². The summed E-state index contributed by atoms with van der Waals surface area (Å²) in [6.07, 6.45) is 1.92. The molecule has 1 aromatic heterocycles. The topological polar surface area (TPSA) is 61.2 Å². The molecule has 96 valence electrons. The van der Waals surface area contributed by atoms with Crippen LogP contribution in [0.25, 0.3) is 0 Å². The molecule has 5 nitrogen and oxygen atoms in total. The van der Waals surface area contributed by atoms with Crippen LogP contribution in [-0.4, -0.2) is 49.3 Å². The average molecular weight is 246 g/mol. The number of morpholine rings is 1. The molecular weight excluding hydrogens is 228 g/mol. The Bertz CT molecular complexity index is 429. The monoisotopic (exact) mass is 246 g/mol. The van der Waals surface area contributed by atoms with Gasteiger partial charge < -0.3 is 15.0 Å². The lowest BCUT2D eigenvalue weighted by molar-refractivity contribution is -0.0182. The quantitative estimate of drug-likeness (QED) is 0.832. The Balaban J connectivity index is 1.76. The standard InChI is InChI=1S/C13H18N4O/c1-17-4-5-18-13(10-17)9-15-8-11-2-3-16-12(6-11)7-14/h2-3,6,13,15H,4-5,8-10H2,1H3. The largest absolute Gasteiger partial charge is 0.374 e. The number of aromatic nitrogens is 1. The van der Waals surface area contributed by atoms with Crippen LogP contribution < -0.4 is 5.32 Å². The van der Waals surface area contributed by atoms with Crippen molar-refractivity contribution >= 4 is 0 Å². The van der Waals surface area contributed by atoms with Gasteiger partial charge in [-0.1, -0.05) is 0 Å². The van der Waals surface area contributed by atoms with Crippen molar-refractivity contribution in [2.45, 2.75) is 12.6 Å². The Morgan fingerprint density at radius 2 is 2.56 bits per heavy atom. The molecule has 0 bridgehead atoms. The summed E-state index contributed by atoms with van der Waals surface area (Å²) in [6, 6.07) is 5.77. The molecule has 0 aromatic carbocycles. The van der Waals surface area contributed by atoms with Gasteiger partial charge >= 0.3 is 0 Å². The normalized spacial score (nSPS) is 20.6. The van der Waals surface area contributed by atoms with Crippen molar-refractivity contribution in [3.63, 3.8) is 0 Å². The third-order valence-electron chi connectivity index (χ3n) is 2.98. The maximum absolute atomic E-state index is 8.76. The number of hydrogen-bond acceptors (Lipinski definition) is 5. The minimum absolute atomic E-state index is 0.251. The van der Waals surface area contributed by atoms with Crippen molar-refractivity contribution in [1.29, 1.82) is 5.26 Å². The van der Waals surface area contributed by atoms with Gasteiger partial charge in [0.25, 0.3) is 0 Å². The molecular formula is C13H18N4O. The van der Waals surface area contributed by atoms with E-state index in [1.54, 1.807) is 12.3 Å². The predicted molar refractivity (Wildman–Crippen MR) is 67.9 cm³/mol. The highest BCUT2D eigenvalue weighted by Gasteiger charge is 2.16. The molecule has 0 spiro atoms. The average Bonchev–Trinajstić information content (AvgIpc) is 2.39. The van der Waals surface area contributed by atoms with Gasteiger partial charge in [-0.2, -0.15) is 5.26 Å². The van der Waals surface area contributed by atoms with E-state index in [1.165, 1.54) is 0 Å². The van der Waals surface area contributed by atoms with E-state index in [0.717, 1.165) is 38.3 Å². The SMILES string of the molecule is CN1CCOC(CNCc2ccnc(C#N)c2)C1. The van der Waals surface area contributed by atoms with E-state index < -0.39 is 0 Å². The van der Waals surface area contributed by atoms with Crippen molar-refractivity contribution in [2.75, 3.05) is 33.3 Å². The van der Waals surface area contributed by atoms with Crippen LogP contribution in [0.5, 0.6) is 0 Å². The fourth-order valence-corrected chi connectivity index (χ4v) is 2.01. The maximum Gasteiger partial charge on any atom is 0.140 e. The zero-order valence-electron chi connectivity index (χ0n) is 10.6. The van der Waals surface area contributed by atoms with Gasteiger partial charge in [0.2, 0.25) is 0 Å². The molecule has 2 heterocycles. The Morgan fingerprint density at radius 3 is 3.33 bits per heavy atom. The predicted octanol–water partition coefficient (Wildman–Crippen LogP) is 0.373. The summed E-state index contributed by atoms with van der Waals surface area (Å²) < 4.78 is 5.66. The second-order valence-corrected chi connectivity index (χ2v) is 4.55. The first-order valence-electron chi connectivity index (χ1n) is 6.14. The Morgan fingerprint density at radius 1 is 1.67 bits per heavy atom. The number of hydrogen-bond donors (Lipinski definition) is 1. The second kappa shape index (κ2) is 6.45. The summed E-state index contributed by atoms with van der Waals surface area (Å²) in [7, 11) is 2.11. The molecule has 0 saturated carbocycles. The molecule has 1 unspecified atom stereocenters. The number of ether oxygens (including phenoxy) is 1. The highest BCUT2D eigenvalue weighted by Crippen LogP contribution is 2.03. The molecule has 0 aliphatic carbocycles. The van der Waals surface area contributed by atoms with Gasteiger partial charge in [-0.05, 0) is 24.7 Å². The van der Waals surface area contributed by atoms with E-state index in [4.69, 9.17) is 10.00 Å². The van der Waals surface area contributed by atoms with E-state index in [2.05, 4.69) is 22.2 Å². The summed E-state index contributed by atoms with van der Waals surface area (Å²) in [6.45, 7) is 4.34. The molecule has 1 aliphatic rings. The molecule has 2 rings (SSSR count). The lowest BCUT2D eigenvalue weighted by Gasteiger charge is -2.30. The fourth-order valence-electron chi connectivity index (χ4n) is 2.01. The van der Waals surface area contributed by atoms with Gasteiger partial charge in [0.15, 0.2) is 0 Å². The third kappa shape index (κ3) is 3.77. The van der Waals surface area contributed by atoms with Crippen molar-refractivity contribution in [1.82, 2.24) is 15.2 Å². The maximum atomic E-state index is 8.76. The number of nitrogens with one attached hydrogen (secondary N) is 1. The van der Waals surface area contributed by atoms with Gasteiger partial charge in [-0.25, -0.2) is 4.98 Å².